The first kappa shape index (κ1) is 11.7. The molecule has 1 heterocycles. The highest BCUT2D eigenvalue weighted by Crippen LogP contribution is 2.08. The Balaban J connectivity index is 2.44. The molecule has 1 amide bonds. The third-order valence-corrected chi connectivity index (χ3v) is 2.86. The highest BCUT2D eigenvalue weighted by atomic mass is 32.1. The van der Waals surface area contributed by atoms with E-state index in [1.54, 1.807) is 23.3 Å². The van der Waals surface area contributed by atoms with Gasteiger partial charge in [0.25, 0.3) is 0 Å². The maximum atomic E-state index is 11.7. The molecule has 4 heteroatoms. The van der Waals surface area contributed by atoms with E-state index in [0.29, 0.717) is 13.0 Å². The molecule has 0 aromatic carbocycles. The summed E-state index contributed by atoms with van der Waals surface area (Å²) in [5.74, 6) is -0.0445. The third-order valence-electron chi connectivity index (χ3n) is 2.13. The minimum Gasteiger partial charge on any atom is -0.344 e. The molecule has 3 nitrogen and oxygen atoms in total. The van der Waals surface area contributed by atoms with Gasteiger partial charge in [-0.1, -0.05) is 0 Å². The quantitative estimate of drug-likeness (QED) is 0.781. The number of amides is 1. The van der Waals surface area contributed by atoms with Gasteiger partial charge in [0.1, 0.15) is 0 Å². The minimum absolute atomic E-state index is 0.0653. The molecular formula is C11H14N2OS. The zero-order chi connectivity index (χ0) is 11.3. The Labute approximate surface area is 93.9 Å². The molecule has 0 radical (unpaired) electrons. The predicted molar refractivity (Wildman–Crippen MR) is 60.4 cm³/mol. The van der Waals surface area contributed by atoms with Crippen LogP contribution < -0.4 is 0 Å². The predicted octanol–water partition coefficient (Wildman–Crippen LogP) is 1.91. The van der Waals surface area contributed by atoms with Crippen LogP contribution in [-0.4, -0.2) is 24.4 Å². The van der Waals surface area contributed by atoms with Crippen molar-refractivity contribution in [2.45, 2.75) is 13.3 Å². The van der Waals surface area contributed by atoms with E-state index in [9.17, 15) is 4.79 Å². The van der Waals surface area contributed by atoms with Gasteiger partial charge >= 0.3 is 0 Å². The Morgan fingerprint density at radius 2 is 2.47 bits per heavy atom. The van der Waals surface area contributed by atoms with Crippen LogP contribution in [0.5, 0.6) is 0 Å². The molecule has 1 unspecified atom stereocenters. The van der Waals surface area contributed by atoms with Gasteiger partial charge in [-0.15, -0.1) is 0 Å². The Morgan fingerprint density at radius 1 is 1.73 bits per heavy atom. The van der Waals surface area contributed by atoms with E-state index in [-0.39, 0.29) is 11.8 Å². The van der Waals surface area contributed by atoms with Crippen molar-refractivity contribution in [3.05, 3.63) is 22.4 Å². The Morgan fingerprint density at radius 3 is 3.00 bits per heavy atom. The lowest BCUT2D eigenvalue weighted by molar-refractivity contribution is -0.129. The summed E-state index contributed by atoms with van der Waals surface area (Å²) < 4.78 is 0. The number of hydrogen-bond donors (Lipinski definition) is 0. The smallest absolute Gasteiger partial charge is 0.226 e. The van der Waals surface area contributed by atoms with Gasteiger partial charge < -0.3 is 4.90 Å². The second-order valence-corrected chi connectivity index (χ2v) is 4.39. The van der Waals surface area contributed by atoms with Crippen LogP contribution in [0.25, 0.3) is 0 Å². The number of carbonyl (C=O) groups excluding carboxylic acids is 1. The fourth-order valence-electron chi connectivity index (χ4n) is 1.26. The van der Waals surface area contributed by atoms with E-state index in [2.05, 4.69) is 6.07 Å². The molecule has 1 aromatic rings. The Hall–Kier alpha value is -1.34. The zero-order valence-corrected chi connectivity index (χ0v) is 9.75. The van der Waals surface area contributed by atoms with Crippen molar-refractivity contribution in [1.82, 2.24) is 4.90 Å². The molecule has 0 fully saturated rings. The first-order valence-corrected chi connectivity index (χ1v) is 5.72. The molecule has 80 valence electrons. The summed E-state index contributed by atoms with van der Waals surface area (Å²) in [5, 5.41) is 12.6. The van der Waals surface area contributed by atoms with Crippen molar-refractivity contribution in [3.63, 3.8) is 0 Å². The molecule has 0 N–H and O–H groups in total. The third kappa shape index (κ3) is 3.72. The number of likely N-dealkylation sites (N-methyl/N-ethyl adjacent to an activating group) is 1. The fourth-order valence-corrected chi connectivity index (χ4v) is 1.92. The maximum absolute atomic E-state index is 11.7. The molecule has 0 saturated heterocycles. The molecule has 0 spiro atoms. The second kappa shape index (κ2) is 5.52. The molecule has 0 aliphatic carbocycles. The topological polar surface area (TPSA) is 44.1 Å². The van der Waals surface area contributed by atoms with Crippen LogP contribution in [0.2, 0.25) is 0 Å². The molecule has 15 heavy (non-hydrogen) atoms. The van der Waals surface area contributed by atoms with Gasteiger partial charge in [0.2, 0.25) is 5.91 Å². The van der Waals surface area contributed by atoms with E-state index < -0.39 is 0 Å². The number of nitriles is 1. The molecule has 0 aliphatic heterocycles. The normalized spacial score (nSPS) is 11.8. The van der Waals surface area contributed by atoms with Gasteiger partial charge in [-0.3, -0.25) is 4.79 Å². The summed E-state index contributed by atoms with van der Waals surface area (Å²) in [6, 6.07) is 4.07. The maximum Gasteiger partial charge on any atom is 0.226 e. The highest BCUT2D eigenvalue weighted by Gasteiger charge is 2.12. The molecule has 0 saturated carbocycles. The molecule has 1 aromatic heterocycles. The van der Waals surface area contributed by atoms with Crippen LogP contribution >= 0.6 is 11.3 Å². The van der Waals surface area contributed by atoms with Crippen LogP contribution in [-0.2, 0) is 11.2 Å². The molecular weight excluding hydrogens is 208 g/mol. The van der Waals surface area contributed by atoms with Crippen molar-refractivity contribution in [2.24, 2.45) is 5.92 Å². The summed E-state index contributed by atoms with van der Waals surface area (Å²) >= 11 is 1.59. The largest absolute Gasteiger partial charge is 0.344 e. The van der Waals surface area contributed by atoms with E-state index in [4.69, 9.17) is 5.26 Å². The van der Waals surface area contributed by atoms with E-state index in [1.165, 1.54) is 0 Å². The highest BCUT2D eigenvalue weighted by molar-refractivity contribution is 7.07. The molecule has 1 rings (SSSR count). The Bertz CT molecular complexity index is 353. The van der Waals surface area contributed by atoms with Gasteiger partial charge in [0.15, 0.2) is 0 Å². The monoisotopic (exact) mass is 222 g/mol. The number of thiophene rings is 1. The average molecular weight is 222 g/mol. The van der Waals surface area contributed by atoms with Crippen LogP contribution in [0, 0.1) is 17.2 Å². The van der Waals surface area contributed by atoms with Crippen LogP contribution in [0.3, 0.4) is 0 Å². The lowest BCUT2D eigenvalue weighted by atomic mass is 10.2. The van der Waals surface area contributed by atoms with Gasteiger partial charge in [-0.2, -0.15) is 16.6 Å². The summed E-state index contributed by atoms with van der Waals surface area (Å²) in [4.78, 5) is 13.3. The fraction of sp³-hybridized carbons (Fsp3) is 0.455. The van der Waals surface area contributed by atoms with Crippen LogP contribution in [0.15, 0.2) is 16.8 Å². The van der Waals surface area contributed by atoms with Gasteiger partial charge in [0.05, 0.1) is 18.4 Å². The van der Waals surface area contributed by atoms with Crippen LogP contribution in [0.1, 0.15) is 12.5 Å². The molecule has 0 bridgehead atoms. The summed E-state index contributed by atoms with van der Waals surface area (Å²) in [7, 11) is 1.74. The van der Waals surface area contributed by atoms with Gasteiger partial charge in [-0.25, -0.2) is 0 Å². The van der Waals surface area contributed by atoms with Gasteiger partial charge in [0, 0.05) is 13.6 Å². The molecule has 0 aliphatic rings. The van der Waals surface area contributed by atoms with E-state index >= 15 is 0 Å². The van der Waals surface area contributed by atoms with Crippen molar-refractivity contribution >= 4 is 17.2 Å². The van der Waals surface area contributed by atoms with Crippen molar-refractivity contribution in [2.75, 3.05) is 13.6 Å². The van der Waals surface area contributed by atoms with Crippen molar-refractivity contribution in [3.8, 4) is 6.07 Å². The minimum atomic E-state index is -0.110. The summed E-state index contributed by atoms with van der Waals surface area (Å²) in [6.07, 6.45) is 0.429. The van der Waals surface area contributed by atoms with Gasteiger partial charge in [-0.05, 0) is 29.3 Å². The second-order valence-electron chi connectivity index (χ2n) is 3.61. The first-order valence-electron chi connectivity index (χ1n) is 4.78. The number of hydrogen-bond acceptors (Lipinski definition) is 3. The lowest BCUT2D eigenvalue weighted by Gasteiger charge is -2.17. The van der Waals surface area contributed by atoms with E-state index in [1.807, 2.05) is 23.8 Å². The van der Waals surface area contributed by atoms with Crippen LogP contribution in [0.4, 0.5) is 0 Å². The molecule has 1 atom stereocenters. The average Bonchev–Trinajstić information content (AvgIpc) is 2.70. The number of carbonyl (C=O) groups is 1. The van der Waals surface area contributed by atoms with E-state index in [0.717, 1.165) is 5.56 Å². The standard InChI is InChI=1S/C11H14N2OS/c1-9(6-12)7-13(2)11(14)5-10-3-4-15-8-10/h3-4,8-9H,5,7H2,1-2H3. The number of rotatable bonds is 4. The summed E-state index contributed by atoms with van der Waals surface area (Å²) in [5.41, 5.74) is 1.04. The number of nitrogens with zero attached hydrogens (tertiary/aromatic N) is 2. The summed E-state index contributed by atoms with van der Waals surface area (Å²) in [6.45, 7) is 2.31. The van der Waals surface area contributed by atoms with Crippen molar-refractivity contribution < 1.29 is 4.79 Å². The van der Waals surface area contributed by atoms with Crippen molar-refractivity contribution in [1.29, 1.82) is 5.26 Å². The first-order chi connectivity index (χ1) is 7.13. The SMILES string of the molecule is CC(C#N)CN(C)C(=O)Cc1ccsc1. The lowest BCUT2D eigenvalue weighted by Crippen LogP contribution is -2.31. The Kier molecular flexibility index (Phi) is 4.32. The zero-order valence-electron chi connectivity index (χ0n) is 8.93.